The van der Waals surface area contributed by atoms with E-state index in [1.165, 1.54) is 96.3 Å². The second kappa shape index (κ2) is 25.4. The average Bonchev–Trinajstić information content (AvgIpc) is 2.84. The van der Waals surface area contributed by atoms with Gasteiger partial charge in [-0.2, -0.15) is 8.42 Å². The number of nitrogens with one attached hydrogen (secondary N) is 1. The SMILES string of the molecule is CCCCCCCCCC/C=C/C(O)C(CS(=O)(=O)O)NC(=O)CCCCCCCCCCCCCC. The number of hydrogen-bond donors (Lipinski definition) is 3. The highest BCUT2D eigenvalue weighted by molar-refractivity contribution is 7.85. The monoisotopic (exact) mass is 545 g/mol. The van der Waals surface area contributed by atoms with Crippen LogP contribution in [0.15, 0.2) is 12.2 Å². The molecule has 0 aliphatic heterocycles. The van der Waals surface area contributed by atoms with E-state index in [0.29, 0.717) is 6.42 Å². The first-order chi connectivity index (χ1) is 17.8. The highest BCUT2D eigenvalue weighted by Crippen LogP contribution is 2.13. The van der Waals surface area contributed by atoms with Gasteiger partial charge in [0.2, 0.25) is 5.91 Å². The van der Waals surface area contributed by atoms with Crippen LogP contribution in [0.5, 0.6) is 0 Å². The minimum atomic E-state index is -4.32. The van der Waals surface area contributed by atoms with Crippen LogP contribution in [-0.4, -0.2) is 41.9 Å². The van der Waals surface area contributed by atoms with Crippen LogP contribution >= 0.6 is 0 Å². The third kappa shape index (κ3) is 26.5. The summed E-state index contributed by atoms with van der Waals surface area (Å²) in [5.41, 5.74) is 0. The van der Waals surface area contributed by atoms with E-state index in [2.05, 4.69) is 19.2 Å². The van der Waals surface area contributed by atoms with Crippen LogP contribution in [0.1, 0.15) is 155 Å². The van der Waals surface area contributed by atoms with E-state index < -0.39 is 28.0 Å². The Morgan fingerprint density at radius 2 is 1.11 bits per heavy atom. The van der Waals surface area contributed by atoms with Gasteiger partial charge in [0.05, 0.1) is 17.9 Å². The lowest BCUT2D eigenvalue weighted by Gasteiger charge is -2.21. The number of aliphatic hydroxyl groups is 1. The molecule has 2 atom stereocenters. The Kier molecular flexibility index (Phi) is 24.7. The van der Waals surface area contributed by atoms with Crippen molar-refractivity contribution in [2.24, 2.45) is 0 Å². The Hall–Kier alpha value is -0.920. The van der Waals surface area contributed by atoms with Crippen molar-refractivity contribution >= 4 is 16.0 Å². The van der Waals surface area contributed by atoms with E-state index in [0.717, 1.165) is 38.5 Å². The van der Waals surface area contributed by atoms with Crippen molar-refractivity contribution in [2.45, 2.75) is 167 Å². The molecule has 0 rings (SSSR count). The third-order valence-corrected chi connectivity index (χ3v) is 7.74. The summed E-state index contributed by atoms with van der Waals surface area (Å²) in [6, 6.07) is -1.05. The Morgan fingerprint density at radius 1 is 0.703 bits per heavy atom. The summed E-state index contributed by atoms with van der Waals surface area (Å²) in [5, 5.41) is 13.1. The van der Waals surface area contributed by atoms with Gasteiger partial charge in [0, 0.05) is 6.42 Å². The summed E-state index contributed by atoms with van der Waals surface area (Å²) >= 11 is 0. The van der Waals surface area contributed by atoms with Crippen LogP contribution in [0.25, 0.3) is 0 Å². The van der Waals surface area contributed by atoms with Gasteiger partial charge in [0.15, 0.2) is 0 Å². The van der Waals surface area contributed by atoms with Gasteiger partial charge in [-0.3, -0.25) is 9.35 Å². The minimum Gasteiger partial charge on any atom is -0.387 e. The van der Waals surface area contributed by atoms with Gasteiger partial charge in [-0.05, 0) is 19.3 Å². The summed E-state index contributed by atoms with van der Waals surface area (Å²) in [6.45, 7) is 4.45. The van der Waals surface area contributed by atoms with Crippen molar-refractivity contribution in [1.29, 1.82) is 0 Å². The van der Waals surface area contributed by atoms with Crippen LogP contribution in [-0.2, 0) is 14.9 Å². The number of amides is 1. The highest BCUT2D eigenvalue weighted by atomic mass is 32.2. The molecule has 0 aliphatic rings. The second-order valence-corrected chi connectivity index (χ2v) is 12.2. The van der Waals surface area contributed by atoms with Crippen molar-refractivity contribution in [3.63, 3.8) is 0 Å². The van der Waals surface area contributed by atoms with Gasteiger partial charge in [0.1, 0.15) is 0 Å². The first-order valence-corrected chi connectivity index (χ1v) is 17.0. The number of carbonyl (C=O) groups is 1. The summed E-state index contributed by atoms with van der Waals surface area (Å²) in [6.07, 6.45) is 27.6. The molecule has 0 heterocycles. The van der Waals surface area contributed by atoms with Crippen molar-refractivity contribution in [2.75, 3.05) is 5.75 Å². The molecular weight excluding hydrogens is 486 g/mol. The Morgan fingerprint density at radius 3 is 1.54 bits per heavy atom. The molecule has 0 spiro atoms. The van der Waals surface area contributed by atoms with E-state index in [9.17, 15) is 22.9 Å². The molecule has 37 heavy (non-hydrogen) atoms. The lowest BCUT2D eigenvalue weighted by molar-refractivity contribution is -0.122. The van der Waals surface area contributed by atoms with Crippen LogP contribution in [0.4, 0.5) is 0 Å². The molecule has 0 bridgehead atoms. The molecule has 7 heteroatoms. The number of carbonyl (C=O) groups excluding carboxylic acids is 1. The second-order valence-electron chi connectivity index (χ2n) is 10.7. The van der Waals surface area contributed by atoms with Gasteiger partial charge in [-0.15, -0.1) is 0 Å². The van der Waals surface area contributed by atoms with Crippen LogP contribution in [0, 0.1) is 0 Å². The zero-order valence-corrected chi connectivity index (χ0v) is 24.9. The van der Waals surface area contributed by atoms with Crippen molar-refractivity contribution in [3.05, 3.63) is 12.2 Å². The van der Waals surface area contributed by atoms with Crippen LogP contribution in [0.3, 0.4) is 0 Å². The largest absolute Gasteiger partial charge is 0.387 e. The van der Waals surface area contributed by atoms with Crippen molar-refractivity contribution in [1.82, 2.24) is 5.32 Å². The molecule has 0 aromatic heterocycles. The topological polar surface area (TPSA) is 104 Å². The van der Waals surface area contributed by atoms with E-state index in [4.69, 9.17) is 0 Å². The van der Waals surface area contributed by atoms with Gasteiger partial charge in [-0.25, -0.2) is 0 Å². The summed E-state index contributed by atoms with van der Waals surface area (Å²) in [5.74, 6) is -0.975. The molecule has 220 valence electrons. The predicted octanol–water partition coefficient (Wildman–Crippen LogP) is 7.90. The number of hydrogen-bond acceptors (Lipinski definition) is 4. The van der Waals surface area contributed by atoms with Crippen LogP contribution in [0.2, 0.25) is 0 Å². The summed E-state index contributed by atoms with van der Waals surface area (Å²) in [7, 11) is -4.32. The predicted molar refractivity (Wildman–Crippen MR) is 156 cm³/mol. The van der Waals surface area contributed by atoms with Gasteiger partial charge in [-0.1, -0.05) is 142 Å². The number of allylic oxidation sites excluding steroid dienone is 1. The molecule has 0 aromatic rings. The smallest absolute Gasteiger partial charge is 0.267 e. The lowest BCUT2D eigenvalue weighted by Crippen LogP contribution is -2.46. The number of aliphatic hydroxyl groups excluding tert-OH is 1. The van der Waals surface area contributed by atoms with Crippen molar-refractivity contribution < 1.29 is 22.9 Å². The maximum absolute atomic E-state index is 12.3. The normalized spacial score (nSPS) is 13.7. The number of unbranched alkanes of at least 4 members (excludes halogenated alkanes) is 19. The molecule has 1 amide bonds. The number of rotatable bonds is 27. The molecule has 3 N–H and O–H groups in total. The standard InChI is InChI=1S/C30H59NO5S/c1-3-5-7-9-11-13-15-16-18-20-22-24-26-30(33)31-28(27-37(34,35)36)29(32)25-23-21-19-17-14-12-10-8-6-4-2/h23,25,28-29,32H,3-22,24,26-27H2,1-2H3,(H,31,33)(H,34,35,36)/b25-23+. The molecular formula is C30H59NO5S. The molecule has 0 fully saturated rings. The Balaban J connectivity index is 4.08. The molecule has 6 nitrogen and oxygen atoms in total. The minimum absolute atomic E-state index is 0.281. The van der Waals surface area contributed by atoms with Crippen molar-refractivity contribution in [3.8, 4) is 0 Å². The van der Waals surface area contributed by atoms with E-state index in [-0.39, 0.29) is 5.91 Å². The third-order valence-electron chi connectivity index (χ3n) is 6.96. The Bertz CT molecular complexity index is 650. The first-order valence-electron chi connectivity index (χ1n) is 15.4. The first kappa shape index (κ1) is 36.1. The van der Waals surface area contributed by atoms with Gasteiger partial charge >= 0.3 is 0 Å². The maximum atomic E-state index is 12.3. The molecule has 0 saturated heterocycles. The summed E-state index contributed by atoms with van der Waals surface area (Å²) < 4.78 is 32.1. The average molecular weight is 546 g/mol. The van der Waals surface area contributed by atoms with Gasteiger partial charge in [0.25, 0.3) is 10.1 Å². The Labute approximate surface area is 229 Å². The molecule has 0 aliphatic carbocycles. The molecule has 0 aromatic carbocycles. The molecule has 2 unspecified atom stereocenters. The van der Waals surface area contributed by atoms with E-state index in [1.54, 1.807) is 6.08 Å². The fourth-order valence-corrected chi connectivity index (χ4v) is 5.36. The zero-order valence-electron chi connectivity index (χ0n) is 24.1. The van der Waals surface area contributed by atoms with E-state index in [1.807, 2.05) is 6.08 Å². The summed E-state index contributed by atoms with van der Waals surface area (Å²) in [4.78, 5) is 12.3. The quantitative estimate of drug-likeness (QED) is 0.0553. The molecule has 0 radical (unpaired) electrons. The zero-order chi connectivity index (χ0) is 27.6. The fraction of sp³-hybridized carbons (Fsp3) is 0.900. The van der Waals surface area contributed by atoms with E-state index >= 15 is 0 Å². The maximum Gasteiger partial charge on any atom is 0.267 e. The highest BCUT2D eigenvalue weighted by Gasteiger charge is 2.24. The van der Waals surface area contributed by atoms with Crippen LogP contribution < -0.4 is 5.32 Å². The lowest BCUT2D eigenvalue weighted by atomic mass is 10.0. The van der Waals surface area contributed by atoms with Gasteiger partial charge < -0.3 is 10.4 Å². The molecule has 0 saturated carbocycles. The fourth-order valence-electron chi connectivity index (χ4n) is 4.62.